The van der Waals surface area contributed by atoms with E-state index < -0.39 is 0 Å². The van der Waals surface area contributed by atoms with E-state index in [9.17, 15) is 0 Å². The van der Waals surface area contributed by atoms with E-state index in [1.54, 1.807) is 0 Å². The Labute approximate surface area is 467 Å². The quantitative estimate of drug-likeness (QED) is 0.122. The molecule has 76 heavy (non-hydrogen) atoms. The Morgan fingerprint density at radius 2 is 0.684 bits per heavy atom. The molecule has 3 aliphatic rings. The first-order valence-corrected chi connectivity index (χ1v) is 27.0. The van der Waals surface area contributed by atoms with Crippen molar-refractivity contribution < 1.29 is 29.0 Å². The molecule has 6 nitrogen and oxygen atoms in total. The van der Waals surface area contributed by atoms with Gasteiger partial charge in [-0.1, -0.05) is 222 Å². The first-order valence-electron chi connectivity index (χ1n) is 27.0. The van der Waals surface area contributed by atoms with E-state index in [1.165, 1.54) is 33.4 Å². The van der Waals surface area contributed by atoms with Crippen LogP contribution >= 0.6 is 0 Å². The zero-order chi connectivity index (χ0) is 54.2. The molecule has 9 rings (SSSR count). The number of fused-ring (bicyclic) bond motifs is 8. The minimum atomic E-state index is -0.369. The molecule has 1 saturated heterocycles. The van der Waals surface area contributed by atoms with Crippen LogP contribution < -0.4 is 9.97 Å². The third-order valence-corrected chi connectivity index (χ3v) is 14.8. The monoisotopic (exact) mass is 1060 g/mol. The molecular weight excluding hydrogens is 982 g/mol. The molecule has 3 aromatic carbocycles. The Balaban J connectivity index is 0.00000765. The second-order valence-corrected chi connectivity index (χ2v) is 27.2. The first-order chi connectivity index (χ1) is 34.9. The van der Waals surface area contributed by atoms with Crippen LogP contribution in [0.5, 0.6) is 0 Å². The molecular formula is C69H80N4O2Zn. The maximum atomic E-state index is 5.75. The number of nitrogens with zero attached hydrogens (tertiary/aromatic N) is 4. The molecule has 0 atom stereocenters. The third-order valence-electron chi connectivity index (χ3n) is 14.8. The van der Waals surface area contributed by atoms with Gasteiger partial charge in [0.2, 0.25) is 0 Å². The first kappa shape index (κ1) is 56.5. The summed E-state index contributed by atoms with van der Waals surface area (Å²) in [5.74, 6) is 0. The van der Waals surface area contributed by atoms with E-state index in [1.807, 2.05) is 18.2 Å². The Bertz CT molecular complexity index is 3320. The van der Waals surface area contributed by atoms with Crippen molar-refractivity contribution in [3.8, 4) is 33.4 Å². The molecule has 6 aromatic rings. The molecule has 0 amide bonds. The van der Waals surface area contributed by atoms with Crippen LogP contribution in [-0.2, 0) is 61.4 Å². The van der Waals surface area contributed by atoms with Crippen LogP contribution in [-0.4, -0.2) is 29.5 Å². The molecule has 7 heteroatoms. The van der Waals surface area contributed by atoms with Gasteiger partial charge < -0.3 is 19.4 Å². The summed E-state index contributed by atoms with van der Waals surface area (Å²) < 4.78 is 11.5. The van der Waals surface area contributed by atoms with Gasteiger partial charge in [0.25, 0.3) is 0 Å². The number of ether oxygens (including phenoxy) is 2. The Morgan fingerprint density at radius 3 is 1.01 bits per heavy atom. The Morgan fingerprint density at radius 1 is 0.395 bits per heavy atom. The van der Waals surface area contributed by atoms with Crippen molar-refractivity contribution in [2.24, 2.45) is 0 Å². The van der Waals surface area contributed by atoms with Crippen LogP contribution in [0.3, 0.4) is 0 Å². The predicted octanol–water partition coefficient (Wildman–Crippen LogP) is 17.6. The molecule has 390 valence electrons. The van der Waals surface area contributed by atoms with Gasteiger partial charge in [0.1, 0.15) is 0 Å². The number of hydrogen-bond donors (Lipinski definition) is 0. The van der Waals surface area contributed by atoms with Gasteiger partial charge in [0, 0.05) is 0 Å². The SMILES string of the molecule is CC(C)(C)c1cc(-c2c3nc(c(-c4cc(C(C)(C)C)cc(C(C)(C)C)c4)c4ccc([n-]4)c(-c4cc(C(C)(C)C)cc(C(C)(C)C)c4)c4nc(c(/C=C/C=C/C5OCCO5)c5ccc2[n-]5)C=C4)C=C3)cc(C(C)(C)C)c1.[Zn+2]. The average molecular weight is 1060 g/mol. The molecule has 6 heterocycles. The van der Waals surface area contributed by atoms with Crippen molar-refractivity contribution in [3.63, 3.8) is 0 Å². The second-order valence-electron chi connectivity index (χ2n) is 27.2. The molecule has 1 fully saturated rings. The molecule has 0 saturated carbocycles. The number of benzene rings is 3. The maximum absolute atomic E-state index is 5.75. The van der Waals surface area contributed by atoms with Crippen LogP contribution in [0.15, 0.2) is 97.1 Å². The van der Waals surface area contributed by atoms with Gasteiger partial charge in [-0.05, 0) is 135 Å². The van der Waals surface area contributed by atoms with Crippen molar-refractivity contribution in [3.05, 3.63) is 159 Å². The molecule has 8 bridgehead atoms. The van der Waals surface area contributed by atoms with Crippen molar-refractivity contribution >= 4 is 52.4 Å². The fourth-order valence-corrected chi connectivity index (χ4v) is 9.88. The standard InChI is InChI=1S/C69H80N4O2.Zn/c1-64(2,3)45-33-42(34-46(39-45)65(4,5)6)61-54-25-23-52(70-54)51(21-19-20-22-60-74-31-32-75-60)53-24-26-55(71-53)62(43-35-47(66(7,8)9)40-48(36-43)67(10,11)12)57-28-30-59(73-57)63(58-29-27-56(61)72-58)44-37-49(68(13,14)15)41-50(38-44)69(16,17)18;/h19-30,33-41,60H,31-32H2,1-18H3;/q-2;+2/b21-19+,22-20+,52-51?,53-51?,61-54?,61-56?,62-55?,62-57?,63-58?,63-59?;. The van der Waals surface area contributed by atoms with E-state index >= 15 is 0 Å². The molecule has 3 aromatic heterocycles. The predicted molar refractivity (Wildman–Crippen MR) is 319 cm³/mol. The average Bonchev–Trinajstić information content (AvgIpc) is 4.18. The summed E-state index contributed by atoms with van der Waals surface area (Å²) in [5.41, 5.74) is 20.8. The van der Waals surface area contributed by atoms with Crippen molar-refractivity contribution in [2.75, 3.05) is 13.2 Å². The van der Waals surface area contributed by atoms with Gasteiger partial charge in [-0.2, -0.15) is 0 Å². The molecule has 3 aliphatic heterocycles. The van der Waals surface area contributed by atoms with E-state index in [0.717, 1.165) is 83.8 Å². The van der Waals surface area contributed by atoms with E-state index in [2.05, 4.69) is 234 Å². The molecule has 0 N–H and O–H groups in total. The van der Waals surface area contributed by atoms with Crippen LogP contribution in [0.2, 0.25) is 0 Å². The summed E-state index contributed by atoms with van der Waals surface area (Å²) in [4.78, 5) is 22.7. The number of hydrogen-bond acceptors (Lipinski definition) is 4. The summed E-state index contributed by atoms with van der Waals surface area (Å²) in [6, 6.07) is 30.0. The smallest absolute Gasteiger partial charge is 0.657 e. The summed E-state index contributed by atoms with van der Waals surface area (Å²) in [6.07, 6.45) is 16.4. The largest absolute Gasteiger partial charge is 2.00 e. The second kappa shape index (κ2) is 20.6. The van der Waals surface area contributed by atoms with Gasteiger partial charge in [0.15, 0.2) is 6.29 Å². The molecule has 0 radical (unpaired) electrons. The van der Waals surface area contributed by atoms with Gasteiger partial charge in [-0.15, -0.1) is 22.1 Å². The van der Waals surface area contributed by atoms with Gasteiger partial charge in [-0.25, -0.2) is 9.97 Å². The van der Waals surface area contributed by atoms with Gasteiger partial charge in [0.05, 0.1) is 36.0 Å². The zero-order valence-electron chi connectivity index (χ0n) is 48.9. The van der Waals surface area contributed by atoms with Crippen molar-refractivity contribution in [1.29, 1.82) is 0 Å². The van der Waals surface area contributed by atoms with Gasteiger partial charge >= 0.3 is 19.5 Å². The zero-order valence-corrected chi connectivity index (χ0v) is 51.9. The van der Waals surface area contributed by atoms with Crippen molar-refractivity contribution in [1.82, 2.24) is 19.9 Å². The van der Waals surface area contributed by atoms with E-state index in [4.69, 9.17) is 29.4 Å². The molecule has 0 aliphatic carbocycles. The Hall–Kier alpha value is -5.72. The molecule has 0 spiro atoms. The summed E-state index contributed by atoms with van der Waals surface area (Å²) >= 11 is 0. The van der Waals surface area contributed by atoms with E-state index in [-0.39, 0.29) is 58.3 Å². The minimum Gasteiger partial charge on any atom is -0.657 e. The normalized spacial score (nSPS) is 14.9. The fraction of sp³-hybridized carbons (Fsp3) is 0.391. The van der Waals surface area contributed by atoms with E-state index in [0.29, 0.717) is 13.2 Å². The summed E-state index contributed by atoms with van der Waals surface area (Å²) in [6.45, 7) is 42.5. The van der Waals surface area contributed by atoms with Crippen LogP contribution in [0.1, 0.15) is 186 Å². The van der Waals surface area contributed by atoms with Crippen LogP contribution in [0, 0.1) is 0 Å². The fourth-order valence-electron chi connectivity index (χ4n) is 9.88. The number of allylic oxidation sites excluding steroid dienone is 2. The number of aromatic nitrogens is 4. The Kier molecular flexibility index (Phi) is 15.3. The molecule has 0 unspecified atom stereocenters. The van der Waals surface area contributed by atoms with Gasteiger partial charge in [-0.3, -0.25) is 0 Å². The number of rotatable bonds is 6. The summed E-state index contributed by atoms with van der Waals surface area (Å²) in [5, 5.41) is 0. The third kappa shape index (κ3) is 12.0. The van der Waals surface area contributed by atoms with Crippen LogP contribution in [0.25, 0.3) is 85.8 Å². The van der Waals surface area contributed by atoms with Crippen LogP contribution in [0.4, 0.5) is 0 Å². The minimum absolute atomic E-state index is 0. The van der Waals surface area contributed by atoms with Crippen molar-refractivity contribution in [2.45, 2.75) is 163 Å². The maximum Gasteiger partial charge on any atom is 2.00 e. The summed E-state index contributed by atoms with van der Waals surface area (Å²) in [7, 11) is 0. The topological polar surface area (TPSA) is 72.4 Å².